The second-order valence-corrected chi connectivity index (χ2v) is 5.06. The third-order valence-corrected chi connectivity index (χ3v) is 3.18. The van der Waals surface area contributed by atoms with Crippen LogP contribution in [0.15, 0.2) is 0 Å². The number of nitrogens with zero attached hydrogens (tertiary/aromatic N) is 2. The summed E-state index contributed by atoms with van der Waals surface area (Å²) in [4.78, 5) is 4.67. The fourth-order valence-electron chi connectivity index (χ4n) is 1.95. The van der Waals surface area contributed by atoms with Crippen molar-refractivity contribution in [2.75, 3.05) is 53.0 Å². The van der Waals surface area contributed by atoms with E-state index < -0.39 is 0 Å². The molecule has 0 aromatic carbocycles. The van der Waals surface area contributed by atoms with Crippen LogP contribution in [0.3, 0.4) is 0 Å². The molecule has 15 heavy (non-hydrogen) atoms. The van der Waals surface area contributed by atoms with Gasteiger partial charge in [0.05, 0.1) is 13.2 Å². The van der Waals surface area contributed by atoms with Crippen molar-refractivity contribution in [2.45, 2.75) is 13.3 Å². The van der Waals surface area contributed by atoms with Gasteiger partial charge in [0.15, 0.2) is 0 Å². The SMILES string of the molecule is CN1CCCN(CC(C)(CO)CO)CC1. The molecule has 0 aromatic rings. The van der Waals surface area contributed by atoms with Gasteiger partial charge >= 0.3 is 0 Å². The van der Waals surface area contributed by atoms with E-state index in [4.69, 9.17) is 0 Å². The molecule has 0 unspecified atom stereocenters. The van der Waals surface area contributed by atoms with Crippen molar-refractivity contribution < 1.29 is 10.2 Å². The lowest BCUT2D eigenvalue weighted by Crippen LogP contribution is -2.42. The van der Waals surface area contributed by atoms with Crippen molar-refractivity contribution in [3.05, 3.63) is 0 Å². The molecular formula is C11H24N2O2. The van der Waals surface area contributed by atoms with Gasteiger partial charge in [-0.3, -0.25) is 0 Å². The van der Waals surface area contributed by atoms with Crippen LogP contribution in [0.4, 0.5) is 0 Å². The van der Waals surface area contributed by atoms with E-state index in [9.17, 15) is 10.2 Å². The van der Waals surface area contributed by atoms with Gasteiger partial charge in [0.2, 0.25) is 0 Å². The summed E-state index contributed by atoms with van der Waals surface area (Å²) < 4.78 is 0. The number of hydrogen-bond donors (Lipinski definition) is 2. The van der Waals surface area contributed by atoms with Gasteiger partial charge in [-0.2, -0.15) is 0 Å². The van der Waals surface area contributed by atoms with Crippen molar-refractivity contribution in [3.63, 3.8) is 0 Å². The summed E-state index contributed by atoms with van der Waals surface area (Å²) >= 11 is 0. The fourth-order valence-corrected chi connectivity index (χ4v) is 1.95. The summed E-state index contributed by atoms with van der Waals surface area (Å²) in [5.74, 6) is 0. The number of aliphatic hydroxyl groups excluding tert-OH is 2. The molecule has 0 aliphatic carbocycles. The van der Waals surface area contributed by atoms with Crippen molar-refractivity contribution >= 4 is 0 Å². The summed E-state index contributed by atoms with van der Waals surface area (Å²) in [5.41, 5.74) is -0.358. The molecule has 1 rings (SSSR count). The van der Waals surface area contributed by atoms with Crippen LogP contribution in [0.2, 0.25) is 0 Å². The van der Waals surface area contributed by atoms with Crippen molar-refractivity contribution in [3.8, 4) is 0 Å². The lowest BCUT2D eigenvalue weighted by molar-refractivity contribution is 0.0363. The van der Waals surface area contributed by atoms with E-state index >= 15 is 0 Å². The Morgan fingerprint density at radius 1 is 1.07 bits per heavy atom. The minimum Gasteiger partial charge on any atom is -0.396 e. The minimum absolute atomic E-state index is 0.0514. The number of likely N-dealkylation sites (N-methyl/N-ethyl adjacent to an activating group) is 1. The van der Waals surface area contributed by atoms with Crippen molar-refractivity contribution in [1.82, 2.24) is 9.80 Å². The van der Waals surface area contributed by atoms with Crippen LogP contribution >= 0.6 is 0 Å². The summed E-state index contributed by atoms with van der Waals surface area (Å²) in [6.07, 6.45) is 1.17. The van der Waals surface area contributed by atoms with Gasteiger partial charge in [-0.15, -0.1) is 0 Å². The van der Waals surface area contributed by atoms with Gasteiger partial charge in [0.1, 0.15) is 0 Å². The van der Waals surface area contributed by atoms with Gasteiger partial charge in [-0.05, 0) is 26.6 Å². The van der Waals surface area contributed by atoms with Crippen LogP contribution in [0.5, 0.6) is 0 Å². The first-order valence-corrected chi connectivity index (χ1v) is 5.72. The Bertz CT molecular complexity index is 183. The Hall–Kier alpha value is -0.160. The first-order chi connectivity index (χ1) is 7.09. The Balaban J connectivity index is 2.43. The smallest absolute Gasteiger partial charge is 0.0519 e. The molecule has 1 aliphatic heterocycles. The Morgan fingerprint density at radius 2 is 1.73 bits per heavy atom. The van der Waals surface area contributed by atoms with Crippen LogP contribution in [0.1, 0.15) is 13.3 Å². The van der Waals surface area contributed by atoms with E-state index in [2.05, 4.69) is 16.8 Å². The van der Waals surface area contributed by atoms with E-state index in [1.165, 1.54) is 6.42 Å². The lowest BCUT2D eigenvalue weighted by Gasteiger charge is -2.32. The summed E-state index contributed by atoms with van der Waals surface area (Å²) in [6.45, 7) is 7.14. The monoisotopic (exact) mass is 216 g/mol. The zero-order valence-corrected chi connectivity index (χ0v) is 9.95. The minimum atomic E-state index is -0.358. The topological polar surface area (TPSA) is 46.9 Å². The maximum absolute atomic E-state index is 9.24. The highest BCUT2D eigenvalue weighted by Gasteiger charge is 2.26. The predicted octanol–water partition coefficient (Wildman–Crippen LogP) is -0.385. The van der Waals surface area contributed by atoms with Gasteiger partial charge in [0.25, 0.3) is 0 Å². The molecule has 1 aliphatic rings. The summed E-state index contributed by atoms with van der Waals surface area (Å²) in [5, 5.41) is 18.5. The lowest BCUT2D eigenvalue weighted by atomic mass is 9.92. The molecule has 0 atom stereocenters. The molecule has 1 heterocycles. The van der Waals surface area contributed by atoms with Crippen LogP contribution in [-0.4, -0.2) is 73.0 Å². The molecule has 2 N–H and O–H groups in total. The zero-order valence-electron chi connectivity index (χ0n) is 9.95. The molecule has 90 valence electrons. The zero-order chi connectivity index (χ0) is 11.3. The number of aliphatic hydroxyl groups is 2. The van der Waals surface area contributed by atoms with Crippen molar-refractivity contribution in [1.29, 1.82) is 0 Å². The Labute approximate surface area is 92.5 Å². The summed E-state index contributed by atoms with van der Waals surface area (Å²) in [6, 6.07) is 0. The van der Waals surface area contributed by atoms with E-state index in [1.54, 1.807) is 0 Å². The molecular weight excluding hydrogens is 192 g/mol. The van der Waals surface area contributed by atoms with Gasteiger partial charge in [0, 0.05) is 25.0 Å². The average Bonchev–Trinajstić information content (AvgIpc) is 2.44. The van der Waals surface area contributed by atoms with Crippen LogP contribution in [0.25, 0.3) is 0 Å². The highest BCUT2D eigenvalue weighted by atomic mass is 16.3. The molecule has 1 saturated heterocycles. The first kappa shape index (κ1) is 12.9. The van der Waals surface area contributed by atoms with E-state index in [1.807, 2.05) is 6.92 Å². The van der Waals surface area contributed by atoms with Gasteiger partial charge in [-0.1, -0.05) is 6.92 Å². The second-order valence-electron chi connectivity index (χ2n) is 5.06. The van der Waals surface area contributed by atoms with Crippen LogP contribution in [-0.2, 0) is 0 Å². The van der Waals surface area contributed by atoms with E-state index in [-0.39, 0.29) is 18.6 Å². The van der Waals surface area contributed by atoms with E-state index in [0.29, 0.717) is 0 Å². The molecule has 0 amide bonds. The maximum atomic E-state index is 9.24. The van der Waals surface area contributed by atoms with Crippen molar-refractivity contribution in [2.24, 2.45) is 5.41 Å². The molecule has 0 radical (unpaired) electrons. The Kier molecular flexibility index (Phi) is 4.99. The van der Waals surface area contributed by atoms with Crippen LogP contribution in [0, 0.1) is 5.41 Å². The van der Waals surface area contributed by atoms with Gasteiger partial charge < -0.3 is 20.0 Å². The number of hydrogen-bond acceptors (Lipinski definition) is 4. The first-order valence-electron chi connectivity index (χ1n) is 5.72. The number of rotatable bonds is 4. The van der Waals surface area contributed by atoms with Gasteiger partial charge in [-0.25, -0.2) is 0 Å². The quantitative estimate of drug-likeness (QED) is 0.672. The second kappa shape index (κ2) is 5.80. The molecule has 0 saturated carbocycles. The highest BCUT2D eigenvalue weighted by Crippen LogP contribution is 2.17. The third kappa shape index (κ3) is 4.07. The third-order valence-electron chi connectivity index (χ3n) is 3.18. The standard InChI is InChI=1S/C11H24N2O2/c1-11(9-14,10-15)8-13-5-3-4-12(2)6-7-13/h14-15H,3-10H2,1-2H3. The predicted molar refractivity (Wildman–Crippen MR) is 60.8 cm³/mol. The normalized spacial score (nSPS) is 21.6. The fraction of sp³-hybridized carbons (Fsp3) is 1.00. The van der Waals surface area contributed by atoms with Crippen LogP contribution < -0.4 is 0 Å². The van der Waals surface area contributed by atoms with E-state index in [0.717, 1.165) is 32.7 Å². The average molecular weight is 216 g/mol. The maximum Gasteiger partial charge on any atom is 0.0519 e. The summed E-state index contributed by atoms with van der Waals surface area (Å²) in [7, 11) is 2.14. The molecule has 1 fully saturated rings. The molecule has 0 aromatic heterocycles. The molecule has 4 nitrogen and oxygen atoms in total. The highest BCUT2D eigenvalue weighted by molar-refractivity contribution is 4.79. The molecule has 0 bridgehead atoms. The Morgan fingerprint density at radius 3 is 2.33 bits per heavy atom. The largest absolute Gasteiger partial charge is 0.396 e. The molecule has 4 heteroatoms. The molecule has 0 spiro atoms.